The van der Waals surface area contributed by atoms with Gasteiger partial charge in [0.25, 0.3) is 0 Å². The molecule has 2 atom stereocenters. The summed E-state index contributed by atoms with van der Waals surface area (Å²) in [5, 5.41) is 19.4. The Kier molecular flexibility index (Phi) is 9.59. The van der Waals surface area contributed by atoms with Gasteiger partial charge >= 0.3 is 0 Å². The lowest BCUT2D eigenvalue weighted by molar-refractivity contribution is 0.0415. The maximum Gasteiger partial charge on any atom is 0.129 e. The zero-order valence-electron chi connectivity index (χ0n) is 12.7. The topological polar surface area (TPSA) is 40.5 Å². The number of allylic oxidation sites excluding steroid dienone is 3. The molecule has 0 bridgehead atoms. The van der Waals surface area contributed by atoms with E-state index in [1.807, 2.05) is 0 Å². The van der Waals surface area contributed by atoms with Gasteiger partial charge in [-0.05, 0) is 12.5 Å². The predicted octanol–water partition coefficient (Wildman–Crippen LogP) is 3.28. The Morgan fingerprint density at radius 1 is 1.11 bits per heavy atom. The molecule has 0 aromatic rings. The second-order valence-corrected chi connectivity index (χ2v) is 10.6. The van der Waals surface area contributed by atoms with Crippen LogP contribution in [-0.4, -0.2) is 30.5 Å². The number of hydrogen-bond acceptors (Lipinski definition) is 2. The first-order valence-corrected chi connectivity index (χ1v) is 10.6. The molecule has 0 rings (SSSR count). The van der Waals surface area contributed by atoms with E-state index in [4.69, 9.17) is 0 Å². The normalized spacial score (nSPS) is 15.5. The van der Waals surface area contributed by atoms with Crippen molar-refractivity contribution in [3.63, 3.8) is 0 Å². The van der Waals surface area contributed by atoms with Gasteiger partial charge in [-0.15, -0.1) is 5.54 Å². The van der Waals surface area contributed by atoms with Crippen LogP contribution in [0.2, 0.25) is 19.6 Å². The predicted molar refractivity (Wildman–Crippen MR) is 85.6 cm³/mol. The van der Waals surface area contributed by atoms with Crippen LogP contribution in [0.5, 0.6) is 0 Å². The fraction of sp³-hybridized carbons (Fsp3) is 0.625. The summed E-state index contributed by atoms with van der Waals surface area (Å²) in [6, 6.07) is 0. The van der Waals surface area contributed by atoms with Gasteiger partial charge in [-0.25, -0.2) is 0 Å². The van der Waals surface area contributed by atoms with E-state index < -0.39 is 20.3 Å². The van der Waals surface area contributed by atoms with Crippen LogP contribution < -0.4 is 0 Å². The average molecular weight is 280 g/mol. The summed E-state index contributed by atoms with van der Waals surface area (Å²) in [7, 11) is -1.30. The van der Waals surface area contributed by atoms with E-state index in [1.165, 1.54) is 0 Å². The summed E-state index contributed by atoms with van der Waals surface area (Å²) in [4.78, 5) is 0. The van der Waals surface area contributed by atoms with Gasteiger partial charge in [0.1, 0.15) is 8.07 Å². The SMILES string of the molecule is CCCCC[C@H](O)[C@H](O)/C=C\C=C\C#C[Si](C)(C)C. The Balaban J connectivity index is 4.03. The van der Waals surface area contributed by atoms with Gasteiger partial charge in [-0.2, -0.15) is 0 Å². The van der Waals surface area contributed by atoms with Gasteiger partial charge in [-0.3, -0.25) is 0 Å². The van der Waals surface area contributed by atoms with Gasteiger partial charge in [0.05, 0.1) is 12.2 Å². The smallest absolute Gasteiger partial charge is 0.129 e. The van der Waals surface area contributed by atoms with Gasteiger partial charge in [-0.1, -0.05) is 70.0 Å². The molecule has 0 aromatic heterocycles. The molecular weight excluding hydrogens is 252 g/mol. The van der Waals surface area contributed by atoms with Crippen molar-refractivity contribution in [1.82, 2.24) is 0 Å². The van der Waals surface area contributed by atoms with Crippen LogP contribution in [0.25, 0.3) is 0 Å². The van der Waals surface area contributed by atoms with E-state index in [1.54, 1.807) is 24.3 Å². The molecule has 0 amide bonds. The zero-order valence-corrected chi connectivity index (χ0v) is 13.7. The van der Waals surface area contributed by atoms with Crippen molar-refractivity contribution >= 4 is 8.07 Å². The standard InChI is InChI=1S/C16H28O2Si/c1-5-6-9-12-15(17)16(18)13-10-7-8-11-14-19(2,3)4/h7-8,10,13,15-18H,5-6,9,12H2,1-4H3/b8-7+,13-10-/t15-,16+/m0/s1. The van der Waals surface area contributed by atoms with Gasteiger partial charge < -0.3 is 10.2 Å². The zero-order chi connectivity index (χ0) is 14.7. The van der Waals surface area contributed by atoms with E-state index in [-0.39, 0.29) is 0 Å². The van der Waals surface area contributed by atoms with Crippen molar-refractivity contribution in [2.24, 2.45) is 0 Å². The van der Waals surface area contributed by atoms with Crippen LogP contribution in [0, 0.1) is 11.5 Å². The molecule has 19 heavy (non-hydrogen) atoms. The summed E-state index contributed by atoms with van der Waals surface area (Å²) in [6.07, 6.45) is 9.32. The van der Waals surface area contributed by atoms with Crippen molar-refractivity contribution in [3.8, 4) is 11.5 Å². The Morgan fingerprint density at radius 3 is 2.37 bits per heavy atom. The molecule has 0 saturated carbocycles. The van der Waals surface area contributed by atoms with Crippen LogP contribution in [-0.2, 0) is 0 Å². The second kappa shape index (κ2) is 10.0. The Hall–Kier alpha value is -0.823. The third-order valence-electron chi connectivity index (χ3n) is 2.54. The minimum Gasteiger partial charge on any atom is -0.390 e. The molecule has 0 radical (unpaired) electrons. The molecule has 0 saturated heterocycles. The molecule has 108 valence electrons. The molecule has 0 fully saturated rings. The first kappa shape index (κ1) is 18.2. The van der Waals surface area contributed by atoms with Crippen molar-refractivity contribution in [2.45, 2.75) is 64.5 Å². The van der Waals surface area contributed by atoms with Crippen LogP contribution in [0.1, 0.15) is 32.6 Å². The monoisotopic (exact) mass is 280 g/mol. The lowest BCUT2D eigenvalue weighted by Gasteiger charge is -2.13. The molecule has 0 heterocycles. The molecule has 2 N–H and O–H groups in total. The Bertz CT molecular complexity index is 342. The second-order valence-electron chi connectivity index (χ2n) is 5.82. The van der Waals surface area contributed by atoms with Crippen LogP contribution in [0.3, 0.4) is 0 Å². The third kappa shape index (κ3) is 12.0. The highest BCUT2D eigenvalue weighted by Crippen LogP contribution is 2.07. The molecule has 0 aliphatic rings. The minimum absolute atomic E-state index is 0.651. The molecule has 0 unspecified atom stereocenters. The number of rotatable bonds is 7. The van der Waals surface area contributed by atoms with Crippen LogP contribution in [0.15, 0.2) is 24.3 Å². The van der Waals surface area contributed by atoms with Crippen LogP contribution >= 0.6 is 0 Å². The summed E-state index contributed by atoms with van der Waals surface area (Å²) >= 11 is 0. The highest BCUT2D eigenvalue weighted by atomic mass is 28.3. The first-order valence-electron chi connectivity index (χ1n) is 7.09. The molecule has 3 heteroatoms. The van der Waals surface area contributed by atoms with Crippen molar-refractivity contribution in [3.05, 3.63) is 24.3 Å². The maximum absolute atomic E-state index is 9.71. The Morgan fingerprint density at radius 2 is 1.79 bits per heavy atom. The van der Waals surface area contributed by atoms with Crippen LogP contribution in [0.4, 0.5) is 0 Å². The fourth-order valence-corrected chi connectivity index (χ4v) is 1.96. The lowest BCUT2D eigenvalue weighted by Crippen LogP contribution is -2.23. The number of unbranched alkanes of at least 4 members (excludes halogenated alkanes) is 2. The van der Waals surface area contributed by atoms with Gasteiger partial charge in [0.2, 0.25) is 0 Å². The van der Waals surface area contributed by atoms with Gasteiger partial charge in [0, 0.05) is 0 Å². The van der Waals surface area contributed by atoms with Gasteiger partial charge in [0.15, 0.2) is 0 Å². The average Bonchev–Trinajstić information content (AvgIpc) is 2.32. The van der Waals surface area contributed by atoms with E-state index >= 15 is 0 Å². The lowest BCUT2D eigenvalue weighted by atomic mass is 10.1. The maximum atomic E-state index is 9.71. The number of aliphatic hydroxyl groups is 2. The van der Waals surface area contributed by atoms with Crippen molar-refractivity contribution in [1.29, 1.82) is 0 Å². The van der Waals surface area contributed by atoms with E-state index in [9.17, 15) is 10.2 Å². The first-order chi connectivity index (χ1) is 8.87. The summed E-state index contributed by atoms with van der Waals surface area (Å²) in [5.74, 6) is 3.01. The highest BCUT2D eigenvalue weighted by Gasteiger charge is 2.11. The largest absolute Gasteiger partial charge is 0.390 e. The van der Waals surface area contributed by atoms with E-state index in [0.29, 0.717) is 6.42 Å². The third-order valence-corrected chi connectivity index (χ3v) is 3.44. The summed E-state index contributed by atoms with van der Waals surface area (Å²) < 4.78 is 0. The molecule has 0 aromatic carbocycles. The molecule has 0 aliphatic carbocycles. The number of aliphatic hydroxyl groups excluding tert-OH is 2. The number of hydrogen-bond donors (Lipinski definition) is 2. The quantitative estimate of drug-likeness (QED) is 0.325. The molecular formula is C16H28O2Si. The fourth-order valence-electron chi connectivity index (χ4n) is 1.44. The molecule has 2 nitrogen and oxygen atoms in total. The molecule has 0 aliphatic heterocycles. The Labute approximate surface area is 119 Å². The van der Waals surface area contributed by atoms with E-state index in [2.05, 4.69) is 38.0 Å². The summed E-state index contributed by atoms with van der Waals surface area (Å²) in [6.45, 7) is 8.70. The minimum atomic E-state index is -1.30. The highest BCUT2D eigenvalue weighted by molar-refractivity contribution is 6.83. The van der Waals surface area contributed by atoms with Crippen molar-refractivity contribution in [2.75, 3.05) is 0 Å². The summed E-state index contributed by atoms with van der Waals surface area (Å²) in [5.41, 5.74) is 3.22. The molecule has 0 spiro atoms. The van der Waals surface area contributed by atoms with Crippen molar-refractivity contribution < 1.29 is 10.2 Å². The van der Waals surface area contributed by atoms with E-state index in [0.717, 1.165) is 19.3 Å².